The van der Waals surface area contributed by atoms with Crippen molar-refractivity contribution in [3.63, 3.8) is 0 Å². The van der Waals surface area contributed by atoms with Crippen molar-refractivity contribution >= 4 is 23.2 Å². The summed E-state index contributed by atoms with van der Waals surface area (Å²) in [6.45, 7) is 1.98. The van der Waals surface area contributed by atoms with Crippen molar-refractivity contribution in [3.05, 3.63) is 54.1 Å². The number of nitrogens with one attached hydrogen (secondary N) is 2. The summed E-state index contributed by atoms with van der Waals surface area (Å²) in [6, 6.07) is 14.6. The summed E-state index contributed by atoms with van der Waals surface area (Å²) in [7, 11) is 1.58. The van der Waals surface area contributed by atoms with Crippen LogP contribution in [-0.2, 0) is 9.59 Å². The molecule has 2 amide bonds. The number of anilines is 2. The van der Waals surface area contributed by atoms with Gasteiger partial charge in [-0.3, -0.25) is 9.59 Å². The van der Waals surface area contributed by atoms with Crippen LogP contribution in [0.4, 0.5) is 11.4 Å². The van der Waals surface area contributed by atoms with Crippen LogP contribution in [0.25, 0.3) is 0 Å². The highest BCUT2D eigenvalue weighted by atomic mass is 16.5. The molecule has 0 bridgehead atoms. The van der Waals surface area contributed by atoms with E-state index in [1.807, 2.05) is 31.2 Å². The second-order valence-electron chi connectivity index (χ2n) is 5.19. The minimum atomic E-state index is -0.200. The van der Waals surface area contributed by atoms with Crippen LogP contribution in [0.3, 0.4) is 0 Å². The van der Waals surface area contributed by atoms with Gasteiger partial charge < -0.3 is 15.4 Å². The van der Waals surface area contributed by atoms with Gasteiger partial charge in [-0.2, -0.15) is 0 Å². The largest absolute Gasteiger partial charge is 0.497 e. The number of aryl methyl sites for hydroxylation is 1. The first kappa shape index (κ1) is 16.5. The molecule has 0 atom stereocenters. The number of methoxy groups -OCH3 is 1. The second-order valence-corrected chi connectivity index (χ2v) is 5.19. The van der Waals surface area contributed by atoms with Crippen LogP contribution in [0.2, 0.25) is 0 Å². The van der Waals surface area contributed by atoms with Gasteiger partial charge >= 0.3 is 0 Å². The Morgan fingerprint density at radius 3 is 1.70 bits per heavy atom. The molecule has 2 aromatic rings. The van der Waals surface area contributed by atoms with Crippen LogP contribution in [-0.4, -0.2) is 18.9 Å². The lowest BCUT2D eigenvalue weighted by atomic mass is 10.2. The van der Waals surface area contributed by atoms with E-state index in [1.165, 1.54) is 0 Å². The lowest BCUT2D eigenvalue weighted by Gasteiger charge is -2.07. The fourth-order valence-electron chi connectivity index (χ4n) is 1.99. The Hall–Kier alpha value is -2.82. The van der Waals surface area contributed by atoms with Crippen LogP contribution < -0.4 is 15.4 Å². The van der Waals surface area contributed by atoms with Gasteiger partial charge in [-0.15, -0.1) is 0 Å². The smallest absolute Gasteiger partial charge is 0.224 e. The zero-order chi connectivity index (χ0) is 16.7. The predicted octanol–water partition coefficient (Wildman–Crippen LogP) is 3.36. The first-order chi connectivity index (χ1) is 11.1. The number of hydrogen-bond acceptors (Lipinski definition) is 3. The molecule has 0 aromatic heterocycles. The molecule has 0 aliphatic heterocycles. The van der Waals surface area contributed by atoms with E-state index in [4.69, 9.17) is 4.74 Å². The topological polar surface area (TPSA) is 67.4 Å². The van der Waals surface area contributed by atoms with Gasteiger partial charge in [-0.1, -0.05) is 17.7 Å². The molecule has 23 heavy (non-hydrogen) atoms. The number of benzene rings is 2. The van der Waals surface area contributed by atoms with Gasteiger partial charge in [0, 0.05) is 24.2 Å². The average molecular weight is 312 g/mol. The van der Waals surface area contributed by atoms with E-state index < -0.39 is 0 Å². The number of rotatable bonds is 6. The molecule has 120 valence electrons. The Morgan fingerprint density at radius 1 is 0.826 bits per heavy atom. The highest BCUT2D eigenvalue weighted by molar-refractivity contribution is 5.96. The number of ether oxygens (including phenoxy) is 1. The first-order valence-corrected chi connectivity index (χ1v) is 7.37. The third kappa shape index (κ3) is 5.47. The van der Waals surface area contributed by atoms with Gasteiger partial charge in [0.05, 0.1) is 7.11 Å². The molecule has 2 aromatic carbocycles. The fourth-order valence-corrected chi connectivity index (χ4v) is 1.99. The monoisotopic (exact) mass is 312 g/mol. The molecule has 0 saturated heterocycles. The zero-order valence-electron chi connectivity index (χ0n) is 13.3. The second kappa shape index (κ2) is 7.98. The lowest BCUT2D eigenvalue weighted by molar-refractivity contribution is -0.121. The van der Waals surface area contributed by atoms with E-state index in [0.717, 1.165) is 17.0 Å². The highest BCUT2D eigenvalue weighted by Gasteiger charge is 2.08. The van der Waals surface area contributed by atoms with Crippen molar-refractivity contribution in [2.45, 2.75) is 19.8 Å². The van der Waals surface area contributed by atoms with Crippen LogP contribution in [0.15, 0.2) is 48.5 Å². The minimum absolute atomic E-state index is 0.129. The SMILES string of the molecule is COc1ccc(NC(=O)CCC(=O)Nc2ccc(C)cc2)cc1. The Labute approximate surface area is 135 Å². The molecule has 0 spiro atoms. The quantitative estimate of drug-likeness (QED) is 0.859. The van der Waals surface area contributed by atoms with E-state index in [-0.39, 0.29) is 24.7 Å². The molecule has 0 heterocycles. The molecule has 2 N–H and O–H groups in total. The number of hydrogen-bond donors (Lipinski definition) is 2. The summed E-state index contributed by atoms with van der Waals surface area (Å²) in [4.78, 5) is 23.7. The van der Waals surface area contributed by atoms with Crippen molar-refractivity contribution < 1.29 is 14.3 Å². The Kier molecular flexibility index (Phi) is 5.74. The molecule has 0 radical (unpaired) electrons. The molecule has 0 fully saturated rings. The normalized spacial score (nSPS) is 10.0. The summed E-state index contributed by atoms with van der Waals surface area (Å²) in [5.74, 6) is 0.341. The van der Waals surface area contributed by atoms with Gasteiger partial charge in [0.25, 0.3) is 0 Å². The maximum atomic E-state index is 11.8. The van der Waals surface area contributed by atoms with Gasteiger partial charge in [0.1, 0.15) is 5.75 Å². The van der Waals surface area contributed by atoms with E-state index in [2.05, 4.69) is 10.6 Å². The van der Waals surface area contributed by atoms with Gasteiger partial charge in [0.2, 0.25) is 11.8 Å². The maximum Gasteiger partial charge on any atom is 0.224 e. The lowest BCUT2D eigenvalue weighted by Crippen LogP contribution is -2.17. The molecule has 0 saturated carbocycles. The first-order valence-electron chi connectivity index (χ1n) is 7.37. The van der Waals surface area contributed by atoms with Crippen LogP contribution in [0.1, 0.15) is 18.4 Å². The number of amides is 2. The maximum absolute atomic E-state index is 11.8. The molecule has 2 rings (SSSR count). The van der Waals surface area contributed by atoms with Crippen molar-refractivity contribution in [2.24, 2.45) is 0 Å². The summed E-state index contributed by atoms with van der Waals surface area (Å²) in [5.41, 5.74) is 2.53. The van der Waals surface area contributed by atoms with E-state index >= 15 is 0 Å². The molecule has 5 nitrogen and oxygen atoms in total. The Morgan fingerprint density at radius 2 is 1.26 bits per heavy atom. The van der Waals surface area contributed by atoms with Crippen molar-refractivity contribution in [3.8, 4) is 5.75 Å². The zero-order valence-corrected chi connectivity index (χ0v) is 13.3. The Balaban J connectivity index is 1.76. The van der Waals surface area contributed by atoms with Crippen molar-refractivity contribution in [1.29, 1.82) is 0 Å². The van der Waals surface area contributed by atoms with Crippen molar-refractivity contribution in [2.75, 3.05) is 17.7 Å². The van der Waals surface area contributed by atoms with E-state index in [0.29, 0.717) is 5.69 Å². The van der Waals surface area contributed by atoms with E-state index in [1.54, 1.807) is 31.4 Å². The van der Waals surface area contributed by atoms with Crippen LogP contribution in [0, 0.1) is 6.92 Å². The fraction of sp³-hybridized carbons (Fsp3) is 0.222. The summed E-state index contributed by atoms with van der Waals surface area (Å²) in [5, 5.41) is 5.51. The molecular weight excluding hydrogens is 292 g/mol. The molecule has 0 unspecified atom stereocenters. The van der Waals surface area contributed by atoms with Crippen molar-refractivity contribution in [1.82, 2.24) is 0 Å². The van der Waals surface area contributed by atoms with Crippen LogP contribution in [0.5, 0.6) is 5.75 Å². The van der Waals surface area contributed by atoms with Gasteiger partial charge in [-0.05, 0) is 43.3 Å². The number of carbonyl (C=O) groups is 2. The standard InChI is InChI=1S/C18H20N2O3/c1-13-3-5-14(6-4-13)19-17(21)11-12-18(22)20-15-7-9-16(23-2)10-8-15/h3-10H,11-12H2,1-2H3,(H,19,21)(H,20,22). The number of carbonyl (C=O) groups excluding carboxylic acids is 2. The average Bonchev–Trinajstić information content (AvgIpc) is 2.56. The third-order valence-electron chi connectivity index (χ3n) is 3.29. The molecule has 0 aliphatic carbocycles. The summed E-state index contributed by atoms with van der Waals surface area (Å²) >= 11 is 0. The predicted molar refractivity (Wildman–Crippen MR) is 90.7 cm³/mol. The molecule has 5 heteroatoms. The highest BCUT2D eigenvalue weighted by Crippen LogP contribution is 2.15. The van der Waals surface area contributed by atoms with Gasteiger partial charge in [0.15, 0.2) is 0 Å². The van der Waals surface area contributed by atoms with E-state index in [9.17, 15) is 9.59 Å². The molecular formula is C18H20N2O3. The summed E-state index contributed by atoms with van der Waals surface area (Å²) < 4.78 is 5.05. The minimum Gasteiger partial charge on any atom is -0.497 e. The molecule has 0 aliphatic rings. The van der Waals surface area contributed by atoms with Gasteiger partial charge in [-0.25, -0.2) is 0 Å². The summed E-state index contributed by atoms with van der Waals surface area (Å²) in [6.07, 6.45) is 0.263. The Bertz CT molecular complexity index is 664. The van der Waals surface area contributed by atoms with Crippen LogP contribution >= 0.6 is 0 Å². The third-order valence-corrected chi connectivity index (χ3v) is 3.29.